The quantitative estimate of drug-likeness (QED) is 0.748. The number of aromatic nitrogens is 2. The Morgan fingerprint density at radius 1 is 1.21 bits per heavy atom. The molecule has 0 saturated carbocycles. The van der Waals surface area contributed by atoms with E-state index in [1.165, 1.54) is 6.20 Å². The molecule has 0 saturated heterocycles. The van der Waals surface area contributed by atoms with Crippen LogP contribution in [0.15, 0.2) is 40.9 Å². The first-order chi connectivity index (χ1) is 11.5. The molecule has 124 valence electrons. The summed E-state index contributed by atoms with van der Waals surface area (Å²) < 4.78 is 11.4. The Labute approximate surface area is 139 Å². The molecule has 2 heterocycles. The Hall–Kier alpha value is -3.09. The van der Waals surface area contributed by atoms with Crippen LogP contribution in [-0.4, -0.2) is 29.0 Å². The minimum absolute atomic E-state index is 0.230. The van der Waals surface area contributed by atoms with Crippen molar-refractivity contribution in [2.75, 3.05) is 12.4 Å². The molecule has 2 aromatic heterocycles. The second-order valence-corrected chi connectivity index (χ2v) is 5.51. The van der Waals surface area contributed by atoms with Gasteiger partial charge in [0.25, 0.3) is 11.9 Å². The smallest absolute Gasteiger partial charge is 0.295 e. The molecule has 0 aliphatic heterocycles. The summed E-state index contributed by atoms with van der Waals surface area (Å²) in [6.07, 6.45) is 1.53. The third kappa shape index (κ3) is 3.45. The van der Waals surface area contributed by atoms with Gasteiger partial charge in [0.1, 0.15) is 22.7 Å². The van der Waals surface area contributed by atoms with E-state index in [0.717, 1.165) is 5.52 Å². The molecule has 0 fully saturated rings. The van der Waals surface area contributed by atoms with Crippen molar-refractivity contribution < 1.29 is 13.9 Å². The molecular weight excluding hydrogens is 308 g/mol. The molecule has 0 atom stereocenters. The fourth-order valence-corrected chi connectivity index (χ4v) is 2.14. The molecule has 3 aromatic rings. The Balaban J connectivity index is 1.83. The van der Waals surface area contributed by atoms with Crippen molar-refractivity contribution in [3.8, 4) is 11.5 Å². The van der Waals surface area contributed by atoms with Crippen molar-refractivity contribution in [3.05, 3.63) is 42.2 Å². The van der Waals surface area contributed by atoms with Crippen LogP contribution in [0.5, 0.6) is 11.5 Å². The number of carbonyl (C=O) groups is 1. The molecule has 2 N–H and O–H groups in total. The summed E-state index contributed by atoms with van der Waals surface area (Å²) in [5.41, 5.74) is 1.65. The Morgan fingerprint density at radius 3 is 2.75 bits per heavy atom. The highest BCUT2D eigenvalue weighted by atomic mass is 16.5. The predicted octanol–water partition coefficient (Wildman–Crippen LogP) is 3.20. The van der Waals surface area contributed by atoms with Gasteiger partial charge in [-0.25, -0.2) is 0 Å². The molecule has 1 aromatic carbocycles. The minimum atomic E-state index is -0.268. The van der Waals surface area contributed by atoms with E-state index < -0.39 is 0 Å². The number of pyridine rings is 1. The summed E-state index contributed by atoms with van der Waals surface area (Å²) in [7, 11) is 1.55. The number of hydrogen-bond donors (Lipinski definition) is 2. The Bertz CT molecular complexity index is 873. The fraction of sp³-hybridized carbons (Fsp3) is 0.235. The fourth-order valence-electron chi connectivity index (χ4n) is 2.14. The van der Waals surface area contributed by atoms with E-state index in [0.29, 0.717) is 28.8 Å². The lowest BCUT2D eigenvalue weighted by atomic mass is 10.3. The maximum absolute atomic E-state index is 11.6. The molecule has 1 amide bonds. The van der Waals surface area contributed by atoms with Gasteiger partial charge in [-0.05, 0) is 32.0 Å². The summed E-state index contributed by atoms with van der Waals surface area (Å²) >= 11 is 0. The Morgan fingerprint density at radius 2 is 2.00 bits per heavy atom. The van der Waals surface area contributed by atoms with Crippen LogP contribution in [-0.2, 0) is 0 Å². The van der Waals surface area contributed by atoms with Gasteiger partial charge in [-0.2, -0.15) is 4.98 Å². The molecule has 0 aliphatic carbocycles. The standard InChI is InChI=1S/C17H18N4O3/c1-10(2)20-17-21-13-5-4-11(9-15(13)24-17)23-12-6-7-19-14(8-12)16(22)18-3/h4-10H,1-3H3,(H,18,22)(H,20,21). The van der Waals surface area contributed by atoms with Gasteiger partial charge < -0.3 is 19.8 Å². The molecule has 0 bridgehead atoms. The van der Waals surface area contributed by atoms with Crippen LogP contribution in [0, 0.1) is 0 Å². The maximum Gasteiger partial charge on any atom is 0.295 e. The molecule has 7 heteroatoms. The van der Waals surface area contributed by atoms with Gasteiger partial charge in [0.15, 0.2) is 5.58 Å². The lowest BCUT2D eigenvalue weighted by molar-refractivity contribution is 0.0958. The highest BCUT2D eigenvalue weighted by Gasteiger charge is 2.10. The summed E-state index contributed by atoms with van der Waals surface area (Å²) in [6.45, 7) is 4.02. The second-order valence-electron chi connectivity index (χ2n) is 5.51. The number of rotatable bonds is 5. The van der Waals surface area contributed by atoms with Crippen molar-refractivity contribution in [2.45, 2.75) is 19.9 Å². The van der Waals surface area contributed by atoms with Gasteiger partial charge in [-0.15, -0.1) is 0 Å². The lowest BCUT2D eigenvalue weighted by Gasteiger charge is -2.06. The molecule has 0 aliphatic rings. The topological polar surface area (TPSA) is 89.3 Å². The van der Waals surface area contributed by atoms with E-state index in [2.05, 4.69) is 20.6 Å². The molecule has 7 nitrogen and oxygen atoms in total. The molecular formula is C17H18N4O3. The SMILES string of the molecule is CNC(=O)c1cc(Oc2ccc3nc(NC(C)C)oc3c2)ccn1. The molecule has 0 spiro atoms. The zero-order chi connectivity index (χ0) is 17.1. The summed E-state index contributed by atoms with van der Waals surface area (Å²) in [5, 5.41) is 5.65. The molecule has 0 unspecified atom stereocenters. The molecule has 24 heavy (non-hydrogen) atoms. The van der Waals surface area contributed by atoms with E-state index >= 15 is 0 Å². The van der Waals surface area contributed by atoms with Gasteiger partial charge in [-0.1, -0.05) is 0 Å². The van der Waals surface area contributed by atoms with Crippen LogP contribution in [0.2, 0.25) is 0 Å². The number of anilines is 1. The summed E-state index contributed by atoms with van der Waals surface area (Å²) in [6, 6.07) is 9.34. The minimum Gasteiger partial charge on any atom is -0.457 e. The average molecular weight is 326 g/mol. The zero-order valence-electron chi connectivity index (χ0n) is 13.7. The van der Waals surface area contributed by atoms with Crippen molar-refractivity contribution in [2.24, 2.45) is 0 Å². The van der Waals surface area contributed by atoms with Crippen LogP contribution in [0.25, 0.3) is 11.1 Å². The van der Waals surface area contributed by atoms with Gasteiger partial charge in [0.05, 0.1) is 0 Å². The first-order valence-electron chi connectivity index (χ1n) is 7.58. The molecule has 3 rings (SSSR count). The predicted molar refractivity (Wildman–Crippen MR) is 90.5 cm³/mol. The van der Waals surface area contributed by atoms with Crippen LogP contribution >= 0.6 is 0 Å². The van der Waals surface area contributed by atoms with Gasteiger partial charge in [0, 0.05) is 31.4 Å². The first-order valence-corrected chi connectivity index (χ1v) is 7.58. The van der Waals surface area contributed by atoms with Crippen LogP contribution in [0.1, 0.15) is 24.3 Å². The highest BCUT2D eigenvalue weighted by molar-refractivity contribution is 5.92. The van der Waals surface area contributed by atoms with E-state index in [9.17, 15) is 4.79 Å². The normalized spacial score (nSPS) is 10.8. The van der Waals surface area contributed by atoms with E-state index in [4.69, 9.17) is 9.15 Å². The lowest BCUT2D eigenvalue weighted by Crippen LogP contribution is -2.18. The number of nitrogens with zero attached hydrogens (tertiary/aromatic N) is 2. The number of ether oxygens (including phenoxy) is 1. The van der Waals surface area contributed by atoms with Gasteiger partial charge in [0.2, 0.25) is 0 Å². The number of nitrogens with one attached hydrogen (secondary N) is 2. The van der Waals surface area contributed by atoms with Crippen LogP contribution in [0.3, 0.4) is 0 Å². The van der Waals surface area contributed by atoms with E-state index in [1.54, 1.807) is 31.3 Å². The number of fused-ring (bicyclic) bond motifs is 1. The average Bonchev–Trinajstić information content (AvgIpc) is 2.95. The summed E-state index contributed by atoms with van der Waals surface area (Å²) in [4.78, 5) is 20.0. The number of hydrogen-bond acceptors (Lipinski definition) is 6. The van der Waals surface area contributed by atoms with Gasteiger partial charge in [-0.3, -0.25) is 9.78 Å². The third-order valence-corrected chi connectivity index (χ3v) is 3.20. The number of benzene rings is 1. The molecule has 0 radical (unpaired) electrons. The number of amides is 1. The maximum atomic E-state index is 11.6. The van der Waals surface area contributed by atoms with Crippen LogP contribution < -0.4 is 15.4 Å². The van der Waals surface area contributed by atoms with E-state index in [-0.39, 0.29) is 11.9 Å². The third-order valence-electron chi connectivity index (χ3n) is 3.20. The van der Waals surface area contributed by atoms with Crippen molar-refractivity contribution in [3.63, 3.8) is 0 Å². The Kier molecular flexibility index (Phi) is 4.33. The van der Waals surface area contributed by atoms with E-state index in [1.807, 2.05) is 19.9 Å². The van der Waals surface area contributed by atoms with Crippen molar-refractivity contribution in [1.82, 2.24) is 15.3 Å². The monoisotopic (exact) mass is 326 g/mol. The summed E-state index contributed by atoms with van der Waals surface area (Å²) in [5.74, 6) is 0.835. The largest absolute Gasteiger partial charge is 0.457 e. The van der Waals surface area contributed by atoms with Gasteiger partial charge >= 0.3 is 0 Å². The highest BCUT2D eigenvalue weighted by Crippen LogP contribution is 2.27. The number of oxazole rings is 1. The number of carbonyl (C=O) groups excluding carboxylic acids is 1. The zero-order valence-corrected chi connectivity index (χ0v) is 13.7. The van der Waals surface area contributed by atoms with Crippen molar-refractivity contribution >= 4 is 23.0 Å². The van der Waals surface area contributed by atoms with Crippen LogP contribution in [0.4, 0.5) is 6.01 Å². The second kappa shape index (κ2) is 6.57. The first kappa shape index (κ1) is 15.8. The van der Waals surface area contributed by atoms with Crippen molar-refractivity contribution in [1.29, 1.82) is 0 Å².